The van der Waals surface area contributed by atoms with Gasteiger partial charge < -0.3 is 13.9 Å². The average molecular weight is 891 g/mol. The quantitative estimate of drug-likeness (QED) is 0.166. The molecule has 11 aromatic carbocycles. The maximum absolute atomic E-state index is 7.33. The Bertz CT molecular complexity index is 4130. The van der Waals surface area contributed by atoms with Gasteiger partial charge in [0.05, 0.1) is 27.8 Å². The molecule has 0 amide bonds. The van der Waals surface area contributed by atoms with Crippen LogP contribution in [0.5, 0.6) is 0 Å². The fourth-order valence-electron chi connectivity index (χ4n) is 12.4. The summed E-state index contributed by atoms with van der Waals surface area (Å²) in [5, 5.41) is 4.67. The standard InChI is InChI=1S/C67H42N2O/c1-2-17-43(18-3-1)44-35-39-47(40-36-44)69(62-33-16-30-59-64(62)55-23-6-11-29-58(55)67(59)56-27-9-4-19-49(56)50-20-5-10-28-57(50)67)63-34-15-26-54-53-25-14-24-48(65(53)70-66(54)63)45-37-41-46(42-38-45)68-60-31-12-7-21-51(60)52-22-8-13-32-61(52)68/h1-42H. The van der Waals surface area contributed by atoms with E-state index in [1.165, 1.54) is 77.4 Å². The Balaban J connectivity index is 0.938. The number of para-hydroxylation sites is 4. The molecule has 0 saturated carbocycles. The summed E-state index contributed by atoms with van der Waals surface area (Å²) in [6.45, 7) is 0. The Hall–Kier alpha value is -9.18. The van der Waals surface area contributed by atoms with Gasteiger partial charge >= 0.3 is 0 Å². The van der Waals surface area contributed by atoms with Crippen LogP contribution in [0.25, 0.3) is 93.9 Å². The van der Waals surface area contributed by atoms with E-state index in [-0.39, 0.29) is 0 Å². The van der Waals surface area contributed by atoms with Gasteiger partial charge in [-0.25, -0.2) is 0 Å². The van der Waals surface area contributed by atoms with Crippen LogP contribution >= 0.6 is 0 Å². The van der Waals surface area contributed by atoms with E-state index in [0.717, 1.165) is 55.8 Å². The van der Waals surface area contributed by atoms with Gasteiger partial charge in [-0.1, -0.05) is 206 Å². The molecule has 3 nitrogen and oxygen atoms in total. The van der Waals surface area contributed by atoms with Crippen molar-refractivity contribution in [2.24, 2.45) is 0 Å². The minimum absolute atomic E-state index is 0.477. The predicted octanol–water partition coefficient (Wildman–Crippen LogP) is 17.8. The van der Waals surface area contributed by atoms with Crippen molar-refractivity contribution >= 4 is 60.8 Å². The fraction of sp³-hybridized carbons (Fsp3) is 0.0149. The van der Waals surface area contributed by atoms with Crippen LogP contribution in [-0.2, 0) is 5.41 Å². The molecule has 0 N–H and O–H groups in total. The molecule has 0 aliphatic heterocycles. The van der Waals surface area contributed by atoms with Crippen LogP contribution in [0, 0.1) is 0 Å². The van der Waals surface area contributed by atoms with Crippen LogP contribution in [0.2, 0.25) is 0 Å². The number of nitrogens with zero attached hydrogens (tertiary/aromatic N) is 2. The van der Waals surface area contributed by atoms with Crippen molar-refractivity contribution in [2.75, 3.05) is 4.90 Å². The molecule has 0 radical (unpaired) electrons. The third-order valence-corrected chi connectivity index (χ3v) is 15.2. The van der Waals surface area contributed by atoms with Crippen molar-refractivity contribution in [1.29, 1.82) is 0 Å². The number of hydrogen-bond donors (Lipinski definition) is 0. The molecule has 70 heavy (non-hydrogen) atoms. The van der Waals surface area contributed by atoms with Crippen LogP contribution in [0.4, 0.5) is 17.1 Å². The largest absolute Gasteiger partial charge is 0.453 e. The zero-order chi connectivity index (χ0) is 45.9. The molecule has 0 saturated heterocycles. The number of anilines is 3. The zero-order valence-corrected chi connectivity index (χ0v) is 38.1. The number of benzene rings is 11. The van der Waals surface area contributed by atoms with Crippen molar-refractivity contribution in [3.05, 3.63) is 277 Å². The summed E-state index contributed by atoms with van der Waals surface area (Å²) in [6, 6.07) is 93.2. The molecule has 0 atom stereocenters. The first-order valence-corrected chi connectivity index (χ1v) is 24.2. The summed E-state index contributed by atoms with van der Waals surface area (Å²) in [6.07, 6.45) is 0. The van der Waals surface area contributed by atoms with Gasteiger partial charge in [-0.05, 0) is 104 Å². The lowest BCUT2D eigenvalue weighted by Gasteiger charge is -2.31. The average Bonchev–Trinajstić information content (AvgIpc) is 4.16. The van der Waals surface area contributed by atoms with Gasteiger partial charge in [0.2, 0.25) is 0 Å². The Morgan fingerprint density at radius 1 is 0.314 bits per heavy atom. The smallest absolute Gasteiger partial charge is 0.159 e. The number of hydrogen-bond acceptors (Lipinski definition) is 2. The van der Waals surface area contributed by atoms with Crippen molar-refractivity contribution in [2.45, 2.75) is 5.41 Å². The molecule has 3 heteroatoms. The van der Waals surface area contributed by atoms with Crippen LogP contribution in [0.1, 0.15) is 22.3 Å². The lowest BCUT2D eigenvalue weighted by Crippen LogP contribution is -2.26. The zero-order valence-electron chi connectivity index (χ0n) is 38.1. The van der Waals surface area contributed by atoms with Gasteiger partial charge in [-0.3, -0.25) is 0 Å². The Labute approximate surface area is 405 Å². The first-order chi connectivity index (χ1) is 34.8. The van der Waals surface area contributed by atoms with E-state index in [9.17, 15) is 0 Å². The molecule has 2 aliphatic rings. The third kappa shape index (κ3) is 5.34. The molecular weight excluding hydrogens is 849 g/mol. The number of furan rings is 1. The molecule has 0 bridgehead atoms. The molecule has 0 fully saturated rings. The summed E-state index contributed by atoms with van der Waals surface area (Å²) in [5.41, 5.74) is 22.7. The third-order valence-electron chi connectivity index (χ3n) is 15.2. The topological polar surface area (TPSA) is 21.3 Å². The minimum Gasteiger partial charge on any atom is -0.453 e. The summed E-state index contributed by atoms with van der Waals surface area (Å²) in [4.78, 5) is 2.45. The SMILES string of the molecule is c1ccc(-c2ccc(N(c3cccc4c3-c3ccccc3C43c4ccccc4-c4ccccc43)c3cccc4c3oc3c(-c5ccc(-n6c7ccccc7c7ccccc76)cc5)cccc34)cc2)cc1. The fourth-order valence-corrected chi connectivity index (χ4v) is 12.4. The molecule has 13 aromatic rings. The lowest BCUT2D eigenvalue weighted by molar-refractivity contribution is 0.670. The molecule has 2 aliphatic carbocycles. The second kappa shape index (κ2) is 14.9. The number of fused-ring (bicyclic) bond motifs is 16. The summed E-state index contributed by atoms with van der Waals surface area (Å²) in [7, 11) is 0. The van der Waals surface area contributed by atoms with Crippen LogP contribution < -0.4 is 4.90 Å². The van der Waals surface area contributed by atoms with Crippen LogP contribution in [0.15, 0.2) is 259 Å². The Morgan fingerprint density at radius 2 is 0.786 bits per heavy atom. The van der Waals surface area contributed by atoms with E-state index in [1.807, 2.05) is 0 Å². The van der Waals surface area contributed by atoms with E-state index in [2.05, 4.69) is 264 Å². The van der Waals surface area contributed by atoms with Crippen molar-refractivity contribution in [3.8, 4) is 50.2 Å². The van der Waals surface area contributed by atoms with E-state index >= 15 is 0 Å². The van der Waals surface area contributed by atoms with Crippen LogP contribution in [-0.4, -0.2) is 4.57 Å². The van der Waals surface area contributed by atoms with Gasteiger partial charge in [0.25, 0.3) is 0 Å². The highest BCUT2D eigenvalue weighted by molar-refractivity contribution is 6.15. The van der Waals surface area contributed by atoms with Gasteiger partial charge in [-0.15, -0.1) is 0 Å². The van der Waals surface area contributed by atoms with Crippen LogP contribution in [0.3, 0.4) is 0 Å². The second-order valence-corrected chi connectivity index (χ2v) is 18.7. The van der Waals surface area contributed by atoms with E-state index in [4.69, 9.17) is 4.42 Å². The maximum Gasteiger partial charge on any atom is 0.159 e. The van der Waals surface area contributed by atoms with Crippen molar-refractivity contribution in [3.63, 3.8) is 0 Å². The molecular formula is C67H42N2O. The highest BCUT2D eigenvalue weighted by atomic mass is 16.3. The molecule has 2 aromatic heterocycles. The first kappa shape index (κ1) is 38.9. The van der Waals surface area contributed by atoms with Crippen molar-refractivity contribution < 1.29 is 4.42 Å². The normalized spacial score (nSPS) is 13.0. The summed E-state index contributed by atoms with van der Waals surface area (Å²) in [5.74, 6) is 0. The van der Waals surface area contributed by atoms with E-state index < -0.39 is 5.41 Å². The number of rotatable bonds is 6. The molecule has 0 unspecified atom stereocenters. The monoisotopic (exact) mass is 890 g/mol. The molecule has 1 spiro atoms. The highest BCUT2D eigenvalue weighted by Gasteiger charge is 2.52. The summed E-state index contributed by atoms with van der Waals surface area (Å²) < 4.78 is 9.70. The molecule has 15 rings (SSSR count). The lowest BCUT2D eigenvalue weighted by atomic mass is 9.70. The van der Waals surface area contributed by atoms with E-state index in [0.29, 0.717) is 0 Å². The number of aromatic nitrogens is 1. The maximum atomic E-state index is 7.33. The molecule has 2 heterocycles. The predicted molar refractivity (Wildman–Crippen MR) is 290 cm³/mol. The van der Waals surface area contributed by atoms with Crippen molar-refractivity contribution in [1.82, 2.24) is 4.57 Å². The molecule has 326 valence electrons. The highest BCUT2D eigenvalue weighted by Crippen LogP contribution is 2.65. The van der Waals surface area contributed by atoms with Gasteiger partial charge in [0, 0.05) is 44.0 Å². The second-order valence-electron chi connectivity index (χ2n) is 18.7. The van der Waals surface area contributed by atoms with Gasteiger partial charge in [0.1, 0.15) is 5.58 Å². The van der Waals surface area contributed by atoms with Gasteiger partial charge in [-0.2, -0.15) is 0 Å². The summed E-state index contributed by atoms with van der Waals surface area (Å²) >= 11 is 0. The first-order valence-electron chi connectivity index (χ1n) is 24.2. The minimum atomic E-state index is -0.477. The van der Waals surface area contributed by atoms with Gasteiger partial charge in [0.15, 0.2) is 5.58 Å². The van der Waals surface area contributed by atoms with E-state index in [1.54, 1.807) is 0 Å². The Kier molecular flexibility index (Phi) is 8.28. The Morgan fingerprint density at radius 3 is 1.47 bits per heavy atom.